The van der Waals surface area contributed by atoms with Crippen LogP contribution in [-0.2, 0) is 5.60 Å². The molecule has 0 radical (unpaired) electrons. The van der Waals surface area contributed by atoms with E-state index in [1.54, 1.807) is 36.8 Å². The Balaban J connectivity index is 2.63. The molecule has 0 spiro atoms. The zero-order valence-electron chi connectivity index (χ0n) is 7.90. The summed E-state index contributed by atoms with van der Waals surface area (Å²) in [6, 6.07) is 0. The van der Waals surface area contributed by atoms with Crippen molar-refractivity contribution in [2.24, 2.45) is 0 Å². The zero-order valence-corrected chi connectivity index (χ0v) is 8.65. The monoisotopic (exact) mass is 211 g/mol. The molecule has 0 saturated heterocycles. The molecule has 1 N–H and O–H groups in total. The quantitative estimate of drug-likeness (QED) is 0.780. The number of aliphatic hydroxyl groups is 1. The molecule has 4 nitrogen and oxygen atoms in total. The van der Waals surface area contributed by atoms with Crippen LogP contribution in [0.15, 0.2) is 18.6 Å². The Morgan fingerprint density at radius 2 is 2.14 bits per heavy atom. The van der Waals surface area contributed by atoms with Gasteiger partial charge in [-0.1, -0.05) is 11.6 Å². The van der Waals surface area contributed by atoms with E-state index in [-0.39, 0.29) is 0 Å². The van der Waals surface area contributed by atoms with Crippen LogP contribution in [-0.4, -0.2) is 19.5 Å². The summed E-state index contributed by atoms with van der Waals surface area (Å²) >= 11 is 5.72. The van der Waals surface area contributed by atoms with Crippen LogP contribution in [0.5, 0.6) is 0 Å². The van der Waals surface area contributed by atoms with Crippen LogP contribution < -0.4 is 0 Å². The minimum Gasteiger partial charge on any atom is -0.384 e. The maximum atomic E-state index is 9.73. The molecule has 5 heteroatoms. The first kappa shape index (κ1) is 9.43. The highest BCUT2D eigenvalue weighted by Gasteiger charge is 2.19. The number of nitrogens with zero attached hydrogens (tertiary/aromatic N) is 3. The lowest BCUT2D eigenvalue weighted by Gasteiger charge is -2.12. The highest BCUT2D eigenvalue weighted by atomic mass is 35.5. The first-order valence-electron chi connectivity index (χ1n) is 4.20. The van der Waals surface area contributed by atoms with Gasteiger partial charge < -0.3 is 9.51 Å². The van der Waals surface area contributed by atoms with Crippen LogP contribution in [0.25, 0.3) is 5.65 Å². The van der Waals surface area contributed by atoms with Gasteiger partial charge in [0.25, 0.3) is 0 Å². The van der Waals surface area contributed by atoms with E-state index < -0.39 is 5.60 Å². The van der Waals surface area contributed by atoms with Crippen LogP contribution in [0.2, 0.25) is 5.15 Å². The van der Waals surface area contributed by atoms with Crippen molar-refractivity contribution in [2.75, 3.05) is 0 Å². The van der Waals surface area contributed by atoms with E-state index in [4.69, 9.17) is 11.6 Å². The van der Waals surface area contributed by atoms with Crippen LogP contribution in [0, 0.1) is 0 Å². The van der Waals surface area contributed by atoms with Crippen molar-refractivity contribution in [3.63, 3.8) is 0 Å². The molecule has 0 amide bonds. The molecule has 0 fully saturated rings. The number of hydrogen-bond acceptors (Lipinski definition) is 3. The number of rotatable bonds is 1. The van der Waals surface area contributed by atoms with Gasteiger partial charge in [-0.05, 0) is 13.8 Å². The molecule has 0 aromatic carbocycles. The van der Waals surface area contributed by atoms with E-state index in [1.165, 1.54) is 0 Å². The SMILES string of the molecule is CC(C)(O)c1cn2cc(Cl)ncc2n1. The summed E-state index contributed by atoms with van der Waals surface area (Å²) < 4.78 is 1.74. The predicted octanol–water partition coefficient (Wildman–Crippen LogP) is 1.61. The third kappa shape index (κ3) is 1.58. The van der Waals surface area contributed by atoms with Crippen molar-refractivity contribution in [2.45, 2.75) is 19.4 Å². The molecule has 0 aliphatic heterocycles. The van der Waals surface area contributed by atoms with Gasteiger partial charge in [0.2, 0.25) is 0 Å². The van der Waals surface area contributed by atoms with Gasteiger partial charge in [0, 0.05) is 12.4 Å². The molecule has 74 valence electrons. The molecule has 14 heavy (non-hydrogen) atoms. The van der Waals surface area contributed by atoms with Gasteiger partial charge in [-0.3, -0.25) is 0 Å². The summed E-state index contributed by atoms with van der Waals surface area (Å²) in [5.41, 5.74) is 0.325. The van der Waals surface area contributed by atoms with Crippen LogP contribution >= 0.6 is 11.6 Å². The average Bonchev–Trinajstić information content (AvgIpc) is 2.45. The largest absolute Gasteiger partial charge is 0.384 e. The van der Waals surface area contributed by atoms with Crippen molar-refractivity contribution in [1.82, 2.24) is 14.4 Å². The molecular formula is C9H10ClN3O. The second-order valence-electron chi connectivity index (χ2n) is 3.66. The Morgan fingerprint density at radius 3 is 2.79 bits per heavy atom. The van der Waals surface area contributed by atoms with E-state index in [9.17, 15) is 5.11 Å². The second-order valence-corrected chi connectivity index (χ2v) is 4.05. The molecule has 0 saturated carbocycles. The normalized spacial score (nSPS) is 12.3. The molecular weight excluding hydrogens is 202 g/mol. The third-order valence-electron chi connectivity index (χ3n) is 1.94. The number of halogens is 1. The number of fused-ring (bicyclic) bond motifs is 1. The minimum absolute atomic E-state index is 0.400. The molecule has 0 bridgehead atoms. The van der Waals surface area contributed by atoms with Crippen molar-refractivity contribution < 1.29 is 5.11 Å². The van der Waals surface area contributed by atoms with Crippen molar-refractivity contribution in [1.29, 1.82) is 0 Å². The topological polar surface area (TPSA) is 50.4 Å². The maximum Gasteiger partial charge on any atom is 0.155 e. The average molecular weight is 212 g/mol. The Morgan fingerprint density at radius 1 is 1.43 bits per heavy atom. The van der Waals surface area contributed by atoms with Crippen LogP contribution in [0.3, 0.4) is 0 Å². The summed E-state index contributed by atoms with van der Waals surface area (Å²) in [6.07, 6.45) is 4.96. The molecule has 0 atom stereocenters. The number of hydrogen-bond donors (Lipinski definition) is 1. The lowest BCUT2D eigenvalue weighted by molar-refractivity contribution is 0.0744. The Labute approximate surface area is 86.2 Å². The highest BCUT2D eigenvalue weighted by Crippen LogP contribution is 2.19. The molecule has 2 rings (SSSR count). The van der Waals surface area contributed by atoms with Gasteiger partial charge in [-0.2, -0.15) is 0 Å². The summed E-state index contributed by atoms with van der Waals surface area (Å²) in [5.74, 6) is 0. The Bertz CT molecular complexity index is 472. The van der Waals surface area contributed by atoms with Gasteiger partial charge in [-0.25, -0.2) is 9.97 Å². The van der Waals surface area contributed by atoms with Crippen LogP contribution in [0.1, 0.15) is 19.5 Å². The summed E-state index contributed by atoms with van der Waals surface area (Å²) in [7, 11) is 0. The number of imidazole rings is 1. The predicted molar refractivity (Wildman–Crippen MR) is 53.2 cm³/mol. The van der Waals surface area contributed by atoms with E-state index >= 15 is 0 Å². The molecule has 2 aromatic rings. The Kier molecular flexibility index (Phi) is 1.97. The van der Waals surface area contributed by atoms with E-state index in [0.717, 1.165) is 0 Å². The lowest BCUT2D eigenvalue weighted by Crippen LogP contribution is -2.15. The summed E-state index contributed by atoms with van der Waals surface area (Å²) in [5, 5.41) is 10.1. The van der Waals surface area contributed by atoms with Crippen molar-refractivity contribution in [3.8, 4) is 0 Å². The van der Waals surface area contributed by atoms with E-state index in [2.05, 4.69) is 9.97 Å². The molecule has 0 unspecified atom stereocenters. The van der Waals surface area contributed by atoms with Gasteiger partial charge in [-0.15, -0.1) is 0 Å². The van der Waals surface area contributed by atoms with Crippen molar-refractivity contribution >= 4 is 17.2 Å². The fourth-order valence-electron chi connectivity index (χ4n) is 1.17. The first-order chi connectivity index (χ1) is 6.47. The van der Waals surface area contributed by atoms with E-state index in [1.807, 2.05) is 0 Å². The van der Waals surface area contributed by atoms with Crippen molar-refractivity contribution in [3.05, 3.63) is 29.4 Å². The fourth-order valence-corrected chi connectivity index (χ4v) is 1.32. The third-order valence-corrected chi connectivity index (χ3v) is 2.13. The first-order valence-corrected chi connectivity index (χ1v) is 4.58. The lowest BCUT2D eigenvalue weighted by atomic mass is 10.1. The molecule has 0 aliphatic rings. The molecule has 2 heterocycles. The summed E-state index contributed by atoms with van der Waals surface area (Å²) in [4.78, 5) is 8.12. The molecule has 0 aliphatic carbocycles. The second kappa shape index (κ2) is 2.93. The van der Waals surface area contributed by atoms with Crippen LogP contribution in [0.4, 0.5) is 0 Å². The van der Waals surface area contributed by atoms with Gasteiger partial charge in [0.05, 0.1) is 11.9 Å². The summed E-state index contributed by atoms with van der Waals surface area (Å²) in [6.45, 7) is 3.37. The van der Waals surface area contributed by atoms with Gasteiger partial charge in [0.15, 0.2) is 5.65 Å². The van der Waals surface area contributed by atoms with E-state index in [0.29, 0.717) is 16.5 Å². The smallest absolute Gasteiger partial charge is 0.155 e. The van der Waals surface area contributed by atoms with Gasteiger partial charge in [0.1, 0.15) is 10.8 Å². The Hall–Kier alpha value is -1.13. The maximum absolute atomic E-state index is 9.73. The molecule has 2 aromatic heterocycles. The fraction of sp³-hybridized carbons (Fsp3) is 0.333. The highest BCUT2D eigenvalue weighted by molar-refractivity contribution is 6.29. The number of aromatic nitrogens is 3. The minimum atomic E-state index is -0.946. The standard InChI is InChI=1S/C9H10ClN3O/c1-9(2,14)6-4-13-5-7(10)11-3-8(13)12-6/h3-5,14H,1-2H3. The zero-order chi connectivity index (χ0) is 10.3. The van der Waals surface area contributed by atoms with Gasteiger partial charge >= 0.3 is 0 Å².